The smallest absolute Gasteiger partial charge is 0.261 e. The maximum absolute atomic E-state index is 12.5. The van der Waals surface area contributed by atoms with Gasteiger partial charge in [0.05, 0.1) is 29.6 Å². The number of hydrogen-bond acceptors (Lipinski definition) is 5. The molecule has 2 aromatic rings. The first-order chi connectivity index (χ1) is 11.7. The molecule has 25 heavy (non-hydrogen) atoms. The summed E-state index contributed by atoms with van der Waals surface area (Å²) in [5, 5.41) is 0. The summed E-state index contributed by atoms with van der Waals surface area (Å²) in [5.74, 6) is 0.556. The molecule has 3 rings (SSSR count). The van der Waals surface area contributed by atoms with Crippen LogP contribution in [0.15, 0.2) is 47.4 Å². The highest BCUT2D eigenvalue weighted by molar-refractivity contribution is 7.92. The molecule has 9 heteroatoms. The second-order valence-corrected chi connectivity index (χ2v) is 9.30. The highest BCUT2D eigenvalue weighted by atomic mass is 32.2. The Bertz CT molecular complexity index is 999. The van der Waals surface area contributed by atoms with E-state index < -0.39 is 20.0 Å². The monoisotopic (exact) mass is 382 g/mol. The summed E-state index contributed by atoms with van der Waals surface area (Å²) < 4.78 is 57.5. The quantitative estimate of drug-likeness (QED) is 0.851. The number of benzene rings is 2. The zero-order valence-electron chi connectivity index (χ0n) is 13.8. The van der Waals surface area contributed by atoms with Gasteiger partial charge in [0.25, 0.3) is 10.0 Å². The fourth-order valence-corrected chi connectivity index (χ4v) is 4.73. The molecule has 0 fully saturated rings. The van der Waals surface area contributed by atoms with Gasteiger partial charge in [0.2, 0.25) is 10.0 Å². The van der Waals surface area contributed by atoms with E-state index in [0.29, 0.717) is 30.1 Å². The Hall–Kier alpha value is -2.26. The number of nitrogens with zero attached hydrogens (tertiary/aromatic N) is 1. The SMILES string of the molecule is COc1ccc(S(=O)(=O)Nc2ccc3c(c2)N(S(C)(=O)=O)CC3)cc1. The van der Waals surface area contributed by atoms with Crippen molar-refractivity contribution in [3.8, 4) is 5.75 Å². The van der Waals surface area contributed by atoms with Crippen molar-refractivity contribution in [2.24, 2.45) is 0 Å². The molecular weight excluding hydrogens is 364 g/mol. The van der Waals surface area contributed by atoms with E-state index in [4.69, 9.17) is 4.74 Å². The molecule has 1 aliphatic heterocycles. The number of sulfonamides is 2. The Labute approximate surface area is 147 Å². The third kappa shape index (κ3) is 3.57. The van der Waals surface area contributed by atoms with Crippen LogP contribution in [0.2, 0.25) is 0 Å². The van der Waals surface area contributed by atoms with Crippen molar-refractivity contribution in [3.05, 3.63) is 48.0 Å². The summed E-state index contributed by atoms with van der Waals surface area (Å²) in [6, 6.07) is 10.9. The summed E-state index contributed by atoms with van der Waals surface area (Å²) >= 11 is 0. The van der Waals surface area contributed by atoms with E-state index in [1.807, 2.05) is 0 Å². The highest BCUT2D eigenvalue weighted by Gasteiger charge is 2.27. The zero-order valence-corrected chi connectivity index (χ0v) is 15.4. The zero-order chi connectivity index (χ0) is 18.2. The van der Waals surface area contributed by atoms with Crippen molar-refractivity contribution < 1.29 is 21.6 Å². The minimum absolute atomic E-state index is 0.0915. The average Bonchev–Trinajstić information content (AvgIpc) is 2.98. The number of methoxy groups -OCH3 is 1. The van der Waals surface area contributed by atoms with Gasteiger partial charge in [-0.05, 0) is 48.4 Å². The van der Waals surface area contributed by atoms with Crippen LogP contribution in [-0.4, -0.2) is 36.7 Å². The molecule has 0 bridgehead atoms. The number of anilines is 2. The Morgan fingerprint density at radius 1 is 1.04 bits per heavy atom. The number of nitrogens with one attached hydrogen (secondary N) is 1. The van der Waals surface area contributed by atoms with Crippen molar-refractivity contribution in [3.63, 3.8) is 0 Å². The molecule has 0 atom stereocenters. The van der Waals surface area contributed by atoms with Crippen LogP contribution < -0.4 is 13.8 Å². The summed E-state index contributed by atoms with van der Waals surface area (Å²) in [6.45, 7) is 0.364. The predicted octanol–water partition coefficient (Wildman–Crippen LogP) is 1.82. The first-order valence-electron chi connectivity index (χ1n) is 7.48. The second kappa shape index (κ2) is 6.23. The van der Waals surface area contributed by atoms with Gasteiger partial charge >= 0.3 is 0 Å². The Morgan fingerprint density at radius 3 is 2.32 bits per heavy atom. The molecule has 7 nitrogen and oxygen atoms in total. The van der Waals surface area contributed by atoms with Crippen molar-refractivity contribution in [2.75, 3.05) is 28.9 Å². The van der Waals surface area contributed by atoms with Gasteiger partial charge in [-0.1, -0.05) is 6.07 Å². The van der Waals surface area contributed by atoms with Crippen LogP contribution in [0.3, 0.4) is 0 Å². The van der Waals surface area contributed by atoms with E-state index in [1.165, 1.54) is 23.5 Å². The molecule has 0 saturated heterocycles. The molecule has 0 amide bonds. The lowest BCUT2D eigenvalue weighted by Crippen LogP contribution is -2.27. The molecule has 0 aromatic heterocycles. The van der Waals surface area contributed by atoms with Crippen LogP contribution in [0.5, 0.6) is 5.75 Å². The molecule has 0 aliphatic carbocycles. The van der Waals surface area contributed by atoms with Crippen LogP contribution >= 0.6 is 0 Å². The minimum Gasteiger partial charge on any atom is -0.497 e. The molecule has 0 unspecified atom stereocenters. The van der Waals surface area contributed by atoms with Gasteiger partial charge in [-0.3, -0.25) is 9.03 Å². The molecule has 1 N–H and O–H groups in total. The first-order valence-corrected chi connectivity index (χ1v) is 10.8. The molecule has 0 radical (unpaired) electrons. The van der Waals surface area contributed by atoms with Crippen LogP contribution in [0, 0.1) is 0 Å². The highest BCUT2D eigenvalue weighted by Crippen LogP contribution is 2.33. The van der Waals surface area contributed by atoms with Gasteiger partial charge in [-0.25, -0.2) is 16.8 Å². The lowest BCUT2D eigenvalue weighted by molar-refractivity contribution is 0.414. The predicted molar refractivity (Wildman–Crippen MR) is 96.1 cm³/mol. The van der Waals surface area contributed by atoms with Gasteiger partial charge in [0.15, 0.2) is 0 Å². The van der Waals surface area contributed by atoms with Crippen molar-refractivity contribution in [1.82, 2.24) is 0 Å². The van der Waals surface area contributed by atoms with E-state index in [9.17, 15) is 16.8 Å². The molecule has 0 saturated carbocycles. The number of ether oxygens (including phenoxy) is 1. The van der Waals surface area contributed by atoms with Crippen LogP contribution in [0.25, 0.3) is 0 Å². The van der Waals surface area contributed by atoms with Crippen LogP contribution in [-0.2, 0) is 26.5 Å². The average molecular weight is 382 g/mol. The largest absolute Gasteiger partial charge is 0.497 e. The minimum atomic E-state index is -3.78. The molecular formula is C16H18N2O5S2. The molecule has 134 valence electrons. The second-order valence-electron chi connectivity index (χ2n) is 5.71. The van der Waals surface area contributed by atoms with E-state index in [0.717, 1.165) is 11.8 Å². The van der Waals surface area contributed by atoms with Gasteiger partial charge in [-0.2, -0.15) is 0 Å². The van der Waals surface area contributed by atoms with E-state index in [1.54, 1.807) is 30.3 Å². The molecule has 1 heterocycles. The third-order valence-corrected chi connectivity index (χ3v) is 6.54. The normalized spacial score (nSPS) is 14.2. The Morgan fingerprint density at radius 2 is 1.72 bits per heavy atom. The third-order valence-electron chi connectivity index (χ3n) is 3.96. The van der Waals surface area contributed by atoms with Crippen molar-refractivity contribution in [2.45, 2.75) is 11.3 Å². The number of fused-ring (bicyclic) bond motifs is 1. The topological polar surface area (TPSA) is 92.8 Å². The van der Waals surface area contributed by atoms with Crippen molar-refractivity contribution in [1.29, 1.82) is 0 Å². The van der Waals surface area contributed by atoms with Gasteiger partial charge in [-0.15, -0.1) is 0 Å². The van der Waals surface area contributed by atoms with Crippen LogP contribution in [0.1, 0.15) is 5.56 Å². The lowest BCUT2D eigenvalue weighted by Gasteiger charge is -2.17. The molecule has 2 aromatic carbocycles. The summed E-state index contributed by atoms with van der Waals surface area (Å²) in [7, 11) is -5.68. The summed E-state index contributed by atoms with van der Waals surface area (Å²) in [6.07, 6.45) is 1.74. The first kappa shape index (κ1) is 17.6. The Kier molecular flexibility index (Phi) is 4.38. The summed E-state index contributed by atoms with van der Waals surface area (Å²) in [4.78, 5) is 0.0915. The summed E-state index contributed by atoms with van der Waals surface area (Å²) in [5.41, 5.74) is 1.69. The van der Waals surface area contributed by atoms with E-state index in [-0.39, 0.29) is 4.90 Å². The number of hydrogen-bond donors (Lipinski definition) is 1. The van der Waals surface area contributed by atoms with Gasteiger partial charge in [0, 0.05) is 6.54 Å². The van der Waals surface area contributed by atoms with E-state index in [2.05, 4.69) is 4.72 Å². The van der Waals surface area contributed by atoms with Gasteiger partial charge < -0.3 is 4.74 Å². The maximum Gasteiger partial charge on any atom is 0.261 e. The van der Waals surface area contributed by atoms with Crippen LogP contribution in [0.4, 0.5) is 11.4 Å². The molecule has 1 aliphatic rings. The van der Waals surface area contributed by atoms with Gasteiger partial charge in [0.1, 0.15) is 5.75 Å². The fraction of sp³-hybridized carbons (Fsp3) is 0.250. The van der Waals surface area contributed by atoms with E-state index >= 15 is 0 Å². The molecule has 0 spiro atoms. The number of rotatable bonds is 5. The standard InChI is InChI=1S/C16H18N2O5S2/c1-23-14-5-7-15(8-6-14)25(21,22)17-13-4-3-12-9-10-18(16(12)11-13)24(2,19)20/h3-8,11,17H,9-10H2,1-2H3. The maximum atomic E-state index is 12.5. The lowest BCUT2D eigenvalue weighted by atomic mass is 10.1. The fourth-order valence-electron chi connectivity index (χ4n) is 2.73. The Balaban J connectivity index is 1.90. The van der Waals surface area contributed by atoms with Crippen molar-refractivity contribution >= 4 is 31.4 Å².